The molecule has 1 aromatic carbocycles. The molecular formula is C12H13NO6S. The number of benzene rings is 1. The second-order valence-corrected chi connectivity index (χ2v) is 5.56. The van der Waals surface area contributed by atoms with E-state index < -0.39 is 38.9 Å². The maximum Gasteiger partial charge on any atom is 0.296 e. The third-order valence-electron chi connectivity index (χ3n) is 2.35. The van der Waals surface area contributed by atoms with Gasteiger partial charge >= 0.3 is 0 Å². The van der Waals surface area contributed by atoms with Crippen LogP contribution < -0.4 is 5.32 Å². The SMILES string of the molecule is CC(=O)CC(=O)Nc1ccc(C(C)=O)cc1S(=O)(=O)O. The van der Waals surface area contributed by atoms with Crippen molar-refractivity contribution >= 4 is 33.3 Å². The Hall–Kier alpha value is -2.06. The van der Waals surface area contributed by atoms with Crippen molar-refractivity contribution in [3.05, 3.63) is 23.8 Å². The molecule has 0 saturated carbocycles. The lowest BCUT2D eigenvalue weighted by Gasteiger charge is -2.09. The van der Waals surface area contributed by atoms with Crippen LogP contribution in [0.15, 0.2) is 23.1 Å². The molecule has 1 aromatic rings. The van der Waals surface area contributed by atoms with Gasteiger partial charge in [0.25, 0.3) is 10.1 Å². The highest BCUT2D eigenvalue weighted by Gasteiger charge is 2.19. The third kappa shape index (κ3) is 4.25. The first-order valence-corrected chi connectivity index (χ1v) is 6.97. The number of hydrogen-bond donors (Lipinski definition) is 2. The maximum atomic E-state index is 11.4. The summed E-state index contributed by atoms with van der Waals surface area (Å²) in [6.45, 7) is 2.44. The van der Waals surface area contributed by atoms with E-state index in [1.165, 1.54) is 26.0 Å². The van der Waals surface area contributed by atoms with E-state index in [-0.39, 0.29) is 11.3 Å². The van der Waals surface area contributed by atoms with Gasteiger partial charge in [0.15, 0.2) is 5.78 Å². The second-order valence-electron chi connectivity index (χ2n) is 4.17. The molecule has 7 nitrogen and oxygen atoms in total. The molecule has 20 heavy (non-hydrogen) atoms. The summed E-state index contributed by atoms with van der Waals surface area (Å²) in [6.07, 6.45) is -0.417. The monoisotopic (exact) mass is 299 g/mol. The van der Waals surface area contributed by atoms with E-state index in [0.717, 1.165) is 6.07 Å². The van der Waals surface area contributed by atoms with Gasteiger partial charge in [-0.05, 0) is 32.0 Å². The van der Waals surface area contributed by atoms with Crippen molar-refractivity contribution in [3.8, 4) is 0 Å². The first-order valence-electron chi connectivity index (χ1n) is 5.53. The van der Waals surface area contributed by atoms with Crippen LogP contribution >= 0.6 is 0 Å². The fourth-order valence-corrected chi connectivity index (χ4v) is 2.15. The van der Waals surface area contributed by atoms with Crippen LogP contribution in [0.2, 0.25) is 0 Å². The van der Waals surface area contributed by atoms with Gasteiger partial charge in [0, 0.05) is 5.56 Å². The van der Waals surface area contributed by atoms with Crippen molar-refractivity contribution in [1.29, 1.82) is 0 Å². The molecule has 0 spiro atoms. The number of carbonyl (C=O) groups is 3. The van der Waals surface area contributed by atoms with Gasteiger partial charge in [-0.15, -0.1) is 0 Å². The van der Waals surface area contributed by atoms with Gasteiger partial charge < -0.3 is 5.32 Å². The number of rotatable bonds is 5. The first kappa shape index (κ1) is 16.0. The molecule has 1 rings (SSSR count). The predicted molar refractivity (Wildman–Crippen MR) is 70.2 cm³/mol. The molecular weight excluding hydrogens is 286 g/mol. The van der Waals surface area contributed by atoms with Crippen LogP contribution in [0.4, 0.5) is 5.69 Å². The number of amides is 1. The normalized spacial score (nSPS) is 10.9. The van der Waals surface area contributed by atoms with Crippen LogP contribution in [0.5, 0.6) is 0 Å². The number of Topliss-reactive ketones (excluding diaryl/α,β-unsaturated/α-hetero) is 2. The molecule has 0 aliphatic heterocycles. The molecule has 0 heterocycles. The fraction of sp³-hybridized carbons (Fsp3) is 0.250. The molecule has 8 heteroatoms. The number of nitrogens with one attached hydrogen (secondary N) is 1. The summed E-state index contributed by atoms with van der Waals surface area (Å²) in [4.78, 5) is 32.8. The molecule has 0 unspecified atom stereocenters. The van der Waals surface area contributed by atoms with Gasteiger partial charge in [0.1, 0.15) is 10.7 Å². The summed E-state index contributed by atoms with van der Waals surface area (Å²) in [6, 6.07) is 3.44. The zero-order valence-electron chi connectivity index (χ0n) is 10.8. The minimum Gasteiger partial charge on any atom is -0.324 e. The number of hydrogen-bond acceptors (Lipinski definition) is 5. The number of ketones is 2. The molecule has 0 radical (unpaired) electrons. The summed E-state index contributed by atoms with van der Waals surface area (Å²) in [5.74, 6) is -1.49. The third-order valence-corrected chi connectivity index (χ3v) is 3.24. The maximum absolute atomic E-state index is 11.4. The summed E-state index contributed by atoms with van der Waals surface area (Å²) in [5, 5.41) is 2.20. The highest BCUT2D eigenvalue weighted by Crippen LogP contribution is 2.23. The van der Waals surface area contributed by atoms with Gasteiger partial charge in [0.2, 0.25) is 5.91 Å². The van der Waals surface area contributed by atoms with E-state index in [2.05, 4.69) is 5.32 Å². The van der Waals surface area contributed by atoms with Crippen LogP contribution in [-0.2, 0) is 19.7 Å². The molecule has 2 N–H and O–H groups in total. The number of carbonyl (C=O) groups excluding carboxylic acids is 3. The molecule has 0 atom stereocenters. The minimum absolute atomic E-state index is 0.0715. The van der Waals surface area contributed by atoms with Gasteiger partial charge in [-0.3, -0.25) is 18.9 Å². The summed E-state index contributed by atoms with van der Waals surface area (Å²) in [5.41, 5.74) is -0.119. The Morgan fingerprint density at radius 1 is 1.20 bits per heavy atom. The van der Waals surface area contributed by atoms with Gasteiger partial charge in [0.05, 0.1) is 12.1 Å². The highest BCUT2D eigenvalue weighted by molar-refractivity contribution is 7.86. The van der Waals surface area contributed by atoms with Crippen LogP contribution in [0.3, 0.4) is 0 Å². The Morgan fingerprint density at radius 3 is 2.25 bits per heavy atom. The molecule has 108 valence electrons. The summed E-state index contributed by atoms with van der Waals surface area (Å²) >= 11 is 0. The van der Waals surface area contributed by atoms with Crippen molar-refractivity contribution in [2.75, 3.05) is 5.32 Å². The Morgan fingerprint density at radius 2 is 1.80 bits per heavy atom. The number of anilines is 1. The van der Waals surface area contributed by atoms with Crippen molar-refractivity contribution in [3.63, 3.8) is 0 Å². The van der Waals surface area contributed by atoms with Gasteiger partial charge in [-0.25, -0.2) is 0 Å². The second kappa shape index (κ2) is 5.93. The van der Waals surface area contributed by atoms with E-state index in [0.29, 0.717) is 0 Å². The minimum atomic E-state index is -4.62. The largest absolute Gasteiger partial charge is 0.324 e. The van der Waals surface area contributed by atoms with Crippen LogP contribution in [0, 0.1) is 0 Å². The Balaban J connectivity index is 3.23. The van der Waals surface area contributed by atoms with Crippen molar-refractivity contribution < 1.29 is 27.4 Å². The molecule has 0 aliphatic rings. The van der Waals surface area contributed by atoms with E-state index in [9.17, 15) is 22.8 Å². The van der Waals surface area contributed by atoms with Crippen LogP contribution in [0.25, 0.3) is 0 Å². The molecule has 0 aromatic heterocycles. The quantitative estimate of drug-likeness (QED) is 0.477. The topological polar surface area (TPSA) is 118 Å². The van der Waals surface area contributed by atoms with E-state index in [1.807, 2.05) is 0 Å². The van der Waals surface area contributed by atoms with Crippen molar-refractivity contribution in [2.24, 2.45) is 0 Å². The van der Waals surface area contributed by atoms with E-state index in [4.69, 9.17) is 4.55 Å². The average molecular weight is 299 g/mol. The van der Waals surface area contributed by atoms with Gasteiger partial charge in [-0.1, -0.05) is 0 Å². The highest BCUT2D eigenvalue weighted by atomic mass is 32.2. The molecule has 0 saturated heterocycles. The fourth-order valence-electron chi connectivity index (χ4n) is 1.48. The first-order chi connectivity index (χ1) is 9.11. The standard InChI is InChI=1S/C12H13NO6S/c1-7(14)5-12(16)13-10-4-3-9(8(2)15)6-11(10)20(17,18)19/h3-4,6H,5H2,1-2H3,(H,13,16)(H,17,18,19). The lowest BCUT2D eigenvalue weighted by atomic mass is 10.1. The van der Waals surface area contributed by atoms with E-state index in [1.54, 1.807) is 0 Å². The summed E-state index contributed by atoms with van der Waals surface area (Å²) < 4.78 is 31.6. The Labute approximate surface area is 115 Å². The zero-order valence-corrected chi connectivity index (χ0v) is 11.7. The summed E-state index contributed by atoms with van der Waals surface area (Å²) in [7, 11) is -4.62. The molecule has 1 amide bonds. The Kier molecular flexibility index (Phi) is 4.74. The van der Waals surface area contributed by atoms with E-state index >= 15 is 0 Å². The van der Waals surface area contributed by atoms with Crippen molar-refractivity contribution in [1.82, 2.24) is 0 Å². The van der Waals surface area contributed by atoms with Gasteiger partial charge in [-0.2, -0.15) is 8.42 Å². The molecule has 0 fully saturated rings. The van der Waals surface area contributed by atoms with Crippen LogP contribution in [0.1, 0.15) is 30.6 Å². The lowest BCUT2D eigenvalue weighted by Crippen LogP contribution is -2.17. The van der Waals surface area contributed by atoms with Crippen LogP contribution in [-0.4, -0.2) is 30.4 Å². The molecule has 0 bridgehead atoms. The zero-order chi connectivity index (χ0) is 15.5. The predicted octanol–water partition coefficient (Wildman–Crippen LogP) is 1.05. The van der Waals surface area contributed by atoms with Crippen molar-refractivity contribution in [2.45, 2.75) is 25.2 Å². The Bertz CT molecular complexity index is 677. The smallest absolute Gasteiger partial charge is 0.296 e. The lowest BCUT2D eigenvalue weighted by molar-refractivity contribution is -0.124. The average Bonchev–Trinajstić information content (AvgIpc) is 2.26. The molecule has 0 aliphatic carbocycles.